The minimum atomic E-state index is 0.686. The summed E-state index contributed by atoms with van der Waals surface area (Å²) in [5, 5.41) is 0. The molecular formula is C15H11N5S. The third-order valence-electron chi connectivity index (χ3n) is 3.36. The van der Waals surface area contributed by atoms with E-state index in [1.54, 1.807) is 42.3 Å². The number of nitrogens with zero attached hydrogens (tertiary/aromatic N) is 4. The molecule has 0 amide bonds. The van der Waals surface area contributed by atoms with Crippen LogP contribution in [0.1, 0.15) is 0 Å². The number of benzene rings is 1. The van der Waals surface area contributed by atoms with Gasteiger partial charge in [-0.1, -0.05) is 0 Å². The van der Waals surface area contributed by atoms with E-state index >= 15 is 0 Å². The lowest BCUT2D eigenvalue weighted by molar-refractivity contribution is 1.06. The smallest absolute Gasteiger partial charge is 0.0997 e. The van der Waals surface area contributed by atoms with Gasteiger partial charge in [0.2, 0.25) is 0 Å². The Labute approximate surface area is 124 Å². The number of hydrogen-bond donors (Lipinski definition) is 1. The van der Waals surface area contributed by atoms with Crippen molar-refractivity contribution in [2.45, 2.75) is 0 Å². The number of nitrogen functional groups attached to an aromatic ring is 1. The van der Waals surface area contributed by atoms with Crippen LogP contribution in [0.5, 0.6) is 0 Å². The first-order chi connectivity index (χ1) is 10.3. The van der Waals surface area contributed by atoms with Crippen LogP contribution in [-0.4, -0.2) is 19.5 Å². The Kier molecular flexibility index (Phi) is 2.68. The highest BCUT2D eigenvalue weighted by Gasteiger charge is 2.10. The molecular weight excluding hydrogens is 282 g/mol. The first kappa shape index (κ1) is 12.0. The third-order valence-corrected chi connectivity index (χ3v) is 4.15. The maximum Gasteiger partial charge on any atom is 0.0997 e. The number of aromatic nitrogens is 4. The Bertz CT molecular complexity index is 924. The molecule has 0 saturated heterocycles. The molecule has 0 aliphatic heterocycles. The monoisotopic (exact) mass is 293 g/mol. The third kappa shape index (κ3) is 1.96. The van der Waals surface area contributed by atoms with Crippen LogP contribution in [0.25, 0.3) is 27.2 Å². The largest absolute Gasteiger partial charge is 0.398 e. The fourth-order valence-corrected chi connectivity index (χ4v) is 3.02. The van der Waals surface area contributed by atoms with Gasteiger partial charge in [-0.05, 0) is 24.3 Å². The predicted octanol–water partition coefficient (Wildman–Crippen LogP) is 3.13. The number of thiazole rings is 1. The molecule has 0 saturated carbocycles. The van der Waals surface area contributed by atoms with E-state index in [0.717, 1.165) is 27.2 Å². The van der Waals surface area contributed by atoms with Crippen LogP contribution in [0.3, 0.4) is 0 Å². The van der Waals surface area contributed by atoms with E-state index < -0.39 is 0 Å². The van der Waals surface area contributed by atoms with E-state index in [9.17, 15) is 0 Å². The highest BCUT2D eigenvalue weighted by molar-refractivity contribution is 7.16. The molecule has 0 spiro atoms. The molecule has 3 aromatic heterocycles. The maximum atomic E-state index is 6.04. The molecule has 0 aliphatic carbocycles. The minimum absolute atomic E-state index is 0.686. The molecule has 102 valence electrons. The van der Waals surface area contributed by atoms with Gasteiger partial charge in [0.1, 0.15) is 0 Å². The molecule has 5 nitrogen and oxygen atoms in total. The lowest BCUT2D eigenvalue weighted by Crippen LogP contribution is -1.98. The summed E-state index contributed by atoms with van der Waals surface area (Å²) in [4.78, 5) is 12.7. The molecule has 4 rings (SSSR count). The fourth-order valence-electron chi connectivity index (χ4n) is 2.31. The predicted molar refractivity (Wildman–Crippen MR) is 84.4 cm³/mol. The lowest BCUT2D eigenvalue weighted by atomic mass is 10.2. The molecule has 0 bridgehead atoms. The van der Waals surface area contributed by atoms with E-state index in [4.69, 9.17) is 5.73 Å². The number of anilines is 1. The second kappa shape index (κ2) is 4.68. The molecule has 0 fully saturated rings. The van der Waals surface area contributed by atoms with Crippen LogP contribution in [0.2, 0.25) is 0 Å². The van der Waals surface area contributed by atoms with Gasteiger partial charge < -0.3 is 5.73 Å². The molecule has 0 unspecified atom stereocenters. The Balaban J connectivity index is 1.90. The number of hydrogen-bond acceptors (Lipinski definition) is 5. The van der Waals surface area contributed by atoms with Crippen LogP contribution in [-0.2, 0) is 0 Å². The molecule has 2 N–H and O–H groups in total. The van der Waals surface area contributed by atoms with Crippen LogP contribution in [0.4, 0.5) is 5.69 Å². The SMILES string of the molecule is Nc1ccncc1-c1cncn1-c1ccc2ncsc2c1. The Hall–Kier alpha value is -2.73. The quantitative estimate of drug-likeness (QED) is 0.616. The maximum absolute atomic E-state index is 6.04. The van der Waals surface area contributed by atoms with Crippen molar-refractivity contribution in [3.05, 3.63) is 54.7 Å². The van der Waals surface area contributed by atoms with Crippen molar-refractivity contribution >= 4 is 27.2 Å². The second-order valence-corrected chi connectivity index (χ2v) is 5.50. The van der Waals surface area contributed by atoms with Crippen molar-refractivity contribution in [2.24, 2.45) is 0 Å². The molecule has 21 heavy (non-hydrogen) atoms. The van der Waals surface area contributed by atoms with Crippen molar-refractivity contribution in [1.29, 1.82) is 0 Å². The molecule has 3 heterocycles. The summed E-state index contributed by atoms with van der Waals surface area (Å²) in [5.41, 5.74) is 12.4. The van der Waals surface area contributed by atoms with Gasteiger partial charge in [-0.2, -0.15) is 0 Å². The highest BCUT2D eigenvalue weighted by atomic mass is 32.1. The zero-order valence-corrected chi connectivity index (χ0v) is 11.8. The number of fused-ring (bicyclic) bond motifs is 1. The lowest BCUT2D eigenvalue weighted by Gasteiger charge is -2.09. The van der Waals surface area contributed by atoms with Crippen molar-refractivity contribution in [3.63, 3.8) is 0 Å². The van der Waals surface area contributed by atoms with Crippen LogP contribution >= 0.6 is 11.3 Å². The standard InChI is InChI=1S/C15H11N5S/c16-12-3-4-17-6-11(12)14-7-18-8-20(14)10-1-2-13-15(5-10)21-9-19-13/h1-9H,(H2,16,17). The Morgan fingerprint density at radius 1 is 1.10 bits per heavy atom. The Morgan fingerprint density at radius 2 is 2.05 bits per heavy atom. The van der Waals surface area contributed by atoms with Gasteiger partial charge in [-0.3, -0.25) is 9.55 Å². The summed E-state index contributed by atoms with van der Waals surface area (Å²) in [6, 6.07) is 7.93. The first-order valence-electron chi connectivity index (χ1n) is 6.39. The molecule has 4 aromatic rings. The highest BCUT2D eigenvalue weighted by Crippen LogP contribution is 2.28. The average molecular weight is 293 g/mol. The number of nitrogens with two attached hydrogens (primary N) is 1. The van der Waals surface area contributed by atoms with E-state index in [0.29, 0.717) is 5.69 Å². The number of pyridine rings is 1. The van der Waals surface area contributed by atoms with Crippen molar-refractivity contribution in [3.8, 4) is 16.9 Å². The summed E-state index contributed by atoms with van der Waals surface area (Å²) in [6.45, 7) is 0. The number of imidazole rings is 1. The average Bonchev–Trinajstić information content (AvgIpc) is 3.15. The van der Waals surface area contributed by atoms with Gasteiger partial charge in [-0.25, -0.2) is 9.97 Å². The number of rotatable bonds is 2. The minimum Gasteiger partial charge on any atom is -0.398 e. The van der Waals surface area contributed by atoms with Crippen molar-refractivity contribution in [2.75, 3.05) is 5.73 Å². The zero-order valence-electron chi connectivity index (χ0n) is 11.0. The van der Waals surface area contributed by atoms with Gasteiger partial charge >= 0.3 is 0 Å². The van der Waals surface area contributed by atoms with Gasteiger partial charge in [-0.15, -0.1) is 11.3 Å². The van der Waals surface area contributed by atoms with E-state index in [1.165, 1.54) is 0 Å². The molecule has 0 aliphatic rings. The summed E-state index contributed by atoms with van der Waals surface area (Å²) in [6.07, 6.45) is 7.02. The molecule has 6 heteroatoms. The molecule has 0 radical (unpaired) electrons. The van der Waals surface area contributed by atoms with Crippen LogP contribution in [0, 0.1) is 0 Å². The Morgan fingerprint density at radius 3 is 2.95 bits per heavy atom. The fraction of sp³-hybridized carbons (Fsp3) is 0. The topological polar surface area (TPSA) is 69.6 Å². The van der Waals surface area contributed by atoms with Crippen molar-refractivity contribution < 1.29 is 0 Å². The first-order valence-corrected chi connectivity index (χ1v) is 7.27. The van der Waals surface area contributed by atoms with Gasteiger partial charge in [0, 0.05) is 29.3 Å². The summed E-state index contributed by atoms with van der Waals surface area (Å²) in [7, 11) is 0. The summed E-state index contributed by atoms with van der Waals surface area (Å²) < 4.78 is 3.15. The van der Waals surface area contributed by atoms with Gasteiger partial charge in [0.25, 0.3) is 0 Å². The molecule has 1 aromatic carbocycles. The van der Waals surface area contributed by atoms with E-state index in [1.807, 2.05) is 22.2 Å². The van der Waals surface area contributed by atoms with E-state index in [-0.39, 0.29) is 0 Å². The summed E-state index contributed by atoms with van der Waals surface area (Å²) >= 11 is 1.62. The van der Waals surface area contributed by atoms with E-state index in [2.05, 4.69) is 21.0 Å². The van der Waals surface area contributed by atoms with Crippen molar-refractivity contribution in [1.82, 2.24) is 19.5 Å². The zero-order chi connectivity index (χ0) is 14.2. The van der Waals surface area contributed by atoms with Crippen LogP contribution in [0.15, 0.2) is 54.7 Å². The second-order valence-electron chi connectivity index (χ2n) is 4.62. The summed E-state index contributed by atoms with van der Waals surface area (Å²) in [5.74, 6) is 0. The molecule has 0 atom stereocenters. The van der Waals surface area contributed by atoms with Crippen LogP contribution < -0.4 is 5.73 Å². The van der Waals surface area contributed by atoms with Gasteiger partial charge in [0.05, 0.1) is 33.9 Å². The normalized spacial score (nSPS) is 11.0. The van der Waals surface area contributed by atoms with Gasteiger partial charge in [0.15, 0.2) is 0 Å².